The summed E-state index contributed by atoms with van der Waals surface area (Å²) in [5.41, 5.74) is 5.60. The third-order valence-electron chi connectivity index (χ3n) is 3.50. The Bertz CT molecular complexity index is 233. The van der Waals surface area contributed by atoms with Crippen LogP contribution in [0.5, 0.6) is 0 Å². The summed E-state index contributed by atoms with van der Waals surface area (Å²) in [5, 5.41) is 3.11. The van der Waals surface area contributed by atoms with Crippen LogP contribution in [0.25, 0.3) is 0 Å². The topological polar surface area (TPSA) is 55.1 Å². The monoisotopic (exact) mass is 196 g/mol. The van der Waals surface area contributed by atoms with Gasteiger partial charge in [-0.1, -0.05) is 0 Å². The average molecular weight is 196 g/mol. The number of hydrogen-bond acceptors (Lipinski definition) is 2. The summed E-state index contributed by atoms with van der Waals surface area (Å²) >= 11 is 0. The van der Waals surface area contributed by atoms with Crippen molar-refractivity contribution in [3.8, 4) is 0 Å². The molecule has 3 N–H and O–H groups in total. The molecule has 0 aromatic carbocycles. The lowest BCUT2D eigenvalue weighted by Gasteiger charge is -2.29. The number of carbonyl (C=O) groups excluding carboxylic acids is 1. The van der Waals surface area contributed by atoms with E-state index in [2.05, 4.69) is 12.2 Å². The Labute approximate surface area is 85.4 Å². The number of rotatable bonds is 5. The predicted octanol–water partition coefficient (Wildman–Crippen LogP) is 1.03. The van der Waals surface area contributed by atoms with Crippen molar-refractivity contribution < 1.29 is 4.79 Å². The minimum Gasteiger partial charge on any atom is -0.349 e. The van der Waals surface area contributed by atoms with Crippen molar-refractivity contribution in [2.45, 2.75) is 44.6 Å². The van der Waals surface area contributed by atoms with E-state index in [1.165, 1.54) is 25.7 Å². The molecule has 0 saturated heterocycles. The van der Waals surface area contributed by atoms with Gasteiger partial charge in [0.15, 0.2) is 0 Å². The lowest BCUT2D eigenvalue weighted by Crippen LogP contribution is -2.53. The molecule has 2 aliphatic rings. The van der Waals surface area contributed by atoms with Gasteiger partial charge in [-0.3, -0.25) is 4.79 Å². The van der Waals surface area contributed by atoms with Gasteiger partial charge < -0.3 is 11.1 Å². The molecule has 14 heavy (non-hydrogen) atoms. The Morgan fingerprint density at radius 1 is 1.43 bits per heavy atom. The van der Waals surface area contributed by atoms with Crippen LogP contribution in [0.15, 0.2) is 0 Å². The molecule has 0 spiro atoms. The van der Waals surface area contributed by atoms with E-state index in [1.807, 2.05) is 0 Å². The Kier molecular flexibility index (Phi) is 2.52. The summed E-state index contributed by atoms with van der Waals surface area (Å²) in [6, 6.07) is 0. The molecule has 2 rings (SSSR count). The summed E-state index contributed by atoms with van der Waals surface area (Å²) in [6.07, 6.45) is 5.61. The van der Waals surface area contributed by atoms with E-state index >= 15 is 0 Å². The van der Waals surface area contributed by atoms with E-state index < -0.39 is 0 Å². The molecule has 3 heteroatoms. The molecule has 3 nitrogen and oxygen atoms in total. The van der Waals surface area contributed by atoms with E-state index in [0.29, 0.717) is 24.8 Å². The fourth-order valence-electron chi connectivity index (χ4n) is 1.99. The van der Waals surface area contributed by atoms with E-state index in [1.54, 1.807) is 0 Å². The van der Waals surface area contributed by atoms with Gasteiger partial charge in [0.05, 0.1) is 5.54 Å². The lowest BCUT2D eigenvalue weighted by atomic mass is 9.95. The minimum absolute atomic E-state index is 0.133. The van der Waals surface area contributed by atoms with Gasteiger partial charge in [-0.15, -0.1) is 0 Å². The molecule has 0 bridgehead atoms. The van der Waals surface area contributed by atoms with Gasteiger partial charge in [-0.05, 0) is 44.4 Å². The van der Waals surface area contributed by atoms with Crippen molar-refractivity contribution in [1.82, 2.24) is 5.32 Å². The molecule has 1 atom stereocenters. The second-order valence-corrected chi connectivity index (χ2v) is 5.09. The van der Waals surface area contributed by atoms with Gasteiger partial charge in [0.25, 0.3) is 0 Å². The first kappa shape index (κ1) is 9.97. The zero-order valence-electron chi connectivity index (χ0n) is 8.88. The van der Waals surface area contributed by atoms with Crippen LogP contribution >= 0.6 is 0 Å². The smallest absolute Gasteiger partial charge is 0.220 e. The van der Waals surface area contributed by atoms with Gasteiger partial charge in [-0.25, -0.2) is 0 Å². The van der Waals surface area contributed by atoms with Gasteiger partial charge >= 0.3 is 0 Å². The van der Waals surface area contributed by atoms with Gasteiger partial charge in [-0.2, -0.15) is 0 Å². The molecule has 80 valence electrons. The summed E-state index contributed by atoms with van der Waals surface area (Å²) in [4.78, 5) is 11.6. The molecule has 2 aliphatic carbocycles. The third-order valence-corrected chi connectivity index (χ3v) is 3.50. The normalized spacial score (nSPS) is 25.6. The van der Waals surface area contributed by atoms with Crippen molar-refractivity contribution in [2.24, 2.45) is 17.6 Å². The standard InChI is InChI=1S/C11H20N2O/c1-11(7-12,9-4-5-9)13-10(14)6-8-2-3-8/h8-9H,2-7,12H2,1H3,(H,13,14). The zero-order valence-corrected chi connectivity index (χ0v) is 8.88. The first-order valence-corrected chi connectivity index (χ1v) is 5.65. The minimum atomic E-state index is -0.133. The summed E-state index contributed by atoms with van der Waals surface area (Å²) in [5.74, 6) is 1.49. The van der Waals surface area contributed by atoms with E-state index in [9.17, 15) is 4.79 Å². The maximum Gasteiger partial charge on any atom is 0.220 e. The number of nitrogens with two attached hydrogens (primary N) is 1. The first-order valence-electron chi connectivity index (χ1n) is 5.65. The number of carbonyl (C=O) groups is 1. The Hall–Kier alpha value is -0.570. The van der Waals surface area contributed by atoms with Crippen molar-refractivity contribution in [3.05, 3.63) is 0 Å². The van der Waals surface area contributed by atoms with Gasteiger partial charge in [0.1, 0.15) is 0 Å². The van der Waals surface area contributed by atoms with Crippen LogP contribution in [0, 0.1) is 11.8 Å². The van der Waals surface area contributed by atoms with Crippen molar-refractivity contribution in [3.63, 3.8) is 0 Å². The van der Waals surface area contributed by atoms with Crippen molar-refractivity contribution >= 4 is 5.91 Å². The van der Waals surface area contributed by atoms with Crippen LogP contribution in [0.1, 0.15) is 39.0 Å². The largest absolute Gasteiger partial charge is 0.349 e. The Morgan fingerprint density at radius 3 is 2.50 bits per heavy atom. The van der Waals surface area contributed by atoms with Crippen LogP contribution in [-0.4, -0.2) is 18.0 Å². The second kappa shape index (κ2) is 3.54. The van der Waals surface area contributed by atoms with Crippen LogP contribution in [0.3, 0.4) is 0 Å². The number of amides is 1. The first-order chi connectivity index (χ1) is 6.64. The molecular weight excluding hydrogens is 176 g/mol. The SMILES string of the molecule is CC(CN)(NC(=O)CC1CC1)C1CC1. The molecular formula is C11H20N2O. The molecule has 0 aliphatic heterocycles. The summed E-state index contributed by atoms with van der Waals surface area (Å²) in [6.45, 7) is 2.64. The van der Waals surface area contributed by atoms with Crippen LogP contribution in [0.4, 0.5) is 0 Å². The third kappa shape index (κ3) is 2.27. The highest BCUT2D eigenvalue weighted by molar-refractivity contribution is 5.77. The summed E-state index contributed by atoms with van der Waals surface area (Å²) in [7, 11) is 0. The molecule has 1 unspecified atom stereocenters. The average Bonchev–Trinajstić information content (AvgIpc) is 2.96. The van der Waals surface area contributed by atoms with Gasteiger partial charge in [0.2, 0.25) is 5.91 Å². The van der Waals surface area contributed by atoms with Crippen LogP contribution in [0.2, 0.25) is 0 Å². The van der Waals surface area contributed by atoms with E-state index in [-0.39, 0.29) is 11.4 Å². The fraction of sp³-hybridized carbons (Fsp3) is 0.909. The van der Waals surface area contributed by atoms with E-state index in [4.69, 9.17) is 5.73 Å². The number of nitrogens with one attached hydrogen (secondary N) is 1. The highest BCUT2D eigenvalue weighted by Gasteiger charge is 2.41. The second-order valence-electron chi connectivity index (χ2n) is 5.09. The van der Waals surface area contributed by atoms with Crippen molar-refractivity contribution in [1.29, 1.82) is 0 Å². The molecule has 0 aromatic rings. The predicted molar refractivity (Wildman–Crippen MR) is 55.7 cm³/mol. The molecule has 1 amide bonds. The molecule has 2 saturated carbocycles. The quantitative estimate of drug-likeness (QED) is 0.690. The maximum atomic E-state index is 11.6. The zero-order chi connectivity index (χ0) is 10.2. The number of hydrogen-bond donors (Lipinski definition) is 2. The Balaban J connectivity index is 1.82. The lowest BCUT2D eigenvalue weighted by molar-refractivity contribution is -0.123. The maximum absolute atomic E-state index is 11.6. The fourth-order valence-corrected chi connectivity index (χ4v) is 1.99. The highest BCUT2D eigenvalue weighted by Crippen LogP contribution is 2.39. The molecule has 0 aromatic heterocycles. The van der Waals surface area contributed by atoms with Crippen LogP contribution < -0.4 is 11.1 Å². The summed E-state index contributed by atoms with van der Waals surface area (Å²) < 4.78 is 0. The van der Waals surface area contributed by atoms with E-state index in [0.717, 1.165) is 0 Å². The highest BCUT2D eigenvalue weighted by atomic mass is 16.1. The van der Waals surface area contributed by atoms with Gasteiger partial charge in [0, 0.05) is 13.0 Å². The molecule has 0 radical (unpaired) electrons. The van der Waals surface area contributed by atoms with Crippen molar-refractivity contribution in [2.75, 3.05) is 6.54 Å². The molecule has 0 heterocycles. The Morgan fingerprint density at radius 2 is 2.07 bits per heavy atom. The molecule has 2 fully saturated rings. The van der Waals surface area contributed by atoms with Crippen LogP contribution in [-0.2, 0) is 4.79 Å².